The largest absolute Gasteiger partial charge is 0.489 e. The Morgan fingerprint density at radius 2 is 1.75 bits per heavy atom. The first-order valence-electron chi connectivity index (χ1n) is 9.86. The fourth-order valence-corrected chi connectivity index (χ4v) is 3.94. The van der Waals surface area contributed by atoms with E-state index in [1.165, 1.54) is 29.6 Å². The third-order valence-corrected chi connectivity index (χ3v) is 5.89. The summed E-state index contributed by atoms with van der Waals surface area (Å²) in [5.74, 6) is 0.112. The number of ether oxygens (including phenoxy) is 1. The fraction of sp³-hybridized carbons (Fsp3) is 0.375. The molecule has 0 aliphatic heterocycles. The van der Waals surface area contributed by atoms with Gasteiger partial charge < -0.3 is 9.84 Å². The van der Waals surface area contributed by atoms with Crippen LogP contribution in [0.2, 0.25) is 5.02 Å². The van der Waals surface area contributed by atoms with Crippen molar-refractivity contribution >= 4 is 23.1 Å². The molecule has 1 aliphatic carbocycles. The SMILES string of the molecule is Cc1c(CCC(=O)O)ccc(OCC2=C(c3ccc(Cl)cc3)CCCC2)c1C. The van der Waals surface area contributed by atoms with Gasteiger partial charge in [-0.1, -0.05) is 29.8 Å². The highest BCUT2D eigenvalue weighted by Gasteiger charge is 2.16. The molecule has 148 valence electrons. The lowest BCUT2D eigenvalue weighted by molar-refractivity contribution is -0.136. The lowest BCUT2D eigenvalue weighted by Gasteiger charge is -2.22. The molecule has 0 saturated heterocycles. The number of aliphatic carboxylic acids is 1. The first kappa shape index (κ1) is 20.5. The van der Waals surface area contributed by atoms with Crippen molar-refractivity contribution in [2.75, 3.05) is 6.61 Å². The van der Waals surface area contributed by atoms with Crippen LogP contribution in [0.15, 0.2) is 42.0 Å². The van der Waals surface area contributed by atoms with Crippen molar-refractivity contribution < 1.29 is 14.6 Å². The van der Waals surface area contributed by atoms with Gasteiger partial charge in [0.25, 0.3) is 0 Å². The van der Waals surface area contributed by atoms with E-state index in [2.05, 4.69) is 12.1 Å². The topological polar surface area (TPSA) is 46.5 Å². The fourth-order valence-electron chi connectivity index (χ4n) is 3.81. The van der Waals surface area contributed by atoms with E-state index in [-0.39, 0.29) is 6.42 Å². The molecule has 0 aromatic heterocycles. The van der Waals surface area contributed by atoms with E-state index >= 15 is 0 Å². The summed E-state index contributed by atoms with van der Waals surface area (Å²) >= 11 is 6.04. The summed E-state index contributed by atoms with van der Waals surface area (Å²) in [6, 6.07) is 12.0. The molecule has 3 rings (SSSR count). The van der Waals surface area contributed by atoms with Crippen LogP contribution in [-0.4, -0.2) is 17.7 Å². The van der Waals surface area contributed by atoms with Crippen LogP contribution in [0.5, 0.6) is 5.75 Å². The first-order chi connectivity index (χ1) is 13.5. The monoisotopic (exact) mass is 398 g/mol. The Morgan fingerprint density at radius 3 is 2.46 bits per heavy atom. The number of carboxylic acids is 1. The Balaban J connectivity index is 1.77. The number of aryl methyl sites for hydroxylation is 1. The van der Waals surface area contributed by atoms with E-state index in [4.69, 9.17) is 21.4 Å². The second kappa shape index (κ2) is 9.29. The Bertz CT molecular complexity index is 881. The van der Waals surface area contributed by atoms with Gasteiger partial charge in [-0.25, -0.2) is 0 Å². The molecule has 0 heterocycles. The average molecular weight is 399 g/mol. The quantitative estimate of drug-likeness (QED) is 0.588. The van der Waals surface area contributed by atoms with Gasteiger partial charge in [0.2, 0.25) is 0 Å². The molecule has 3 nitrogen and oxygen atoms in total. The normalized spacial score (nSPS) is 14.2. The van der Waals surface area contributed by atoms with E-state index in [0.717, 1.165) is 40.3 Å². The van der Waals surface area contributed by atoms with Crippen molar-refractivity contribution in [1.82, 2.24) is 0 Å². The van der Waals surface area contributed by atoms with Crippen LogP contribution >= 0.6 is 11.6 Å². The van der Waals surface area contributed by atoms with E-state index in [9.17, 15) is 4.79 Å². The summed E-state index contributed by atoms with van der Waals surface area (Å²) in [6.07, 6.45) is 5.24. The van der Waals surface area contributed by atoms with Gasteiger partial charge in [0.15, 0.2) is 0 Å². The van der Waals surface area contributed by atoms with Gasteiger partial charge in [0, 0.05) is 11.4 Å². The number of allylic oxidation sites excluding steroid dienone is 1. The number of hydrogen-bond acceptors (Lipinski definition) is 2. The van der Waals surface area contributed by atoms with Crippen LogP contribution in [0.25, 0.3) is 5.57 Å². The number of benzene rings is 2. The minimum atomic E-state index is -0.767. The standard InChI is InChI=1S/C24H27ClO3/c1-16-17(2)23(13-9-18(16)10-14-24(26)27)28-15-20-5-3-4-6-22(20)19-7-11-21(25)12-8-19/h7-9,11-13H,3-6,10,14-15H2,1-2H3,(H,26,27). The zero-order valence-electron chi connectivity index (χ0n) is 16.6. The average Bonchev–Trinajstić information content (AvgIpc) is 2.69. The van der Waals surface area contributed by atoms with Gasteiger partial charge in [-0.05, 0) is 97.6 Å². The first-order valence-corrected chi connectivity index (χ1v) is 10.2. The van der Waals surface area contributed by atoms with Crippen molar-refractivity contribution in [1.29, 1.82) is 0 Å². The van der Waals surface area contributed by atoms with Crippen LogP contribution in [-0.2, 0) is 11.2 Å². The number of hydrogen-bond donors (Lipinski definition) is 1. The van der Waals surface area contributed by atoms with Crippen LogP contribution < -0.4 is 4.74 Å². The molecular formula is C24H27ClO3. The van der Waals surface area contributed by atoms with Crippen molar-refractivity contribution in [3.8, 4) is 5.75 Å². The Labute approximate surface area is 172 Å². The molecule has 0 amide bonds. The summed E-state index contributed by atoms with van der Waals surface area (Å²) in [5.41, 5.74) is 7.27. The summed E-state index contributed by atoms with van der Waals surface area (Å²) in [7, 11) is 0. The summed E-state index contributed by atoms with van der Waals surface area (Å²) in [6.45, 7) is 4.68. The molecule has 0 unspecified atom stereocenters. The van der Waals surface area contributed by atoms with Gasteiger partial charge in [-0.2, -0.15) is 0 Å². The van der Waals surface area contributed by atoms with Crippen LogP contribution in [0, 0.1) is 13.8 Å². The van der Waals surface area contributed by atoms with Gasteiger partial charge >= 0.3 is 5.97 Å². The Morgan fingerprint density at radius 1 is 1.04 bits per heavy atom. The van der Waals surface area contributed by atoms with Crippen molar-refractivity contribution in [2.24, 2.45) is 0 Å². The molecule has 2 aromatic carbocycles. The van der Waals surface area contributed by atoms with Crippen LogP contribution in [0.4, 0.5) is 0 Å². The maximum atomic E-state index is 10.8. The highest BCUT2D eigenvalue weighted by atomic mass is 35.5. The number of carboxylic acid groups (broad SMARTS) is 1. The molecule has 0 fully saturated rings. The van der Waals surface area contributed by atoms with Gasteiger partial charge in [-0.15, -0.1) is 0 Å². The minimum Gasteiger partial charge on any atom is -0.489 e. The summed E-state index contributed by atoms with van der Waals surface area (Å²) in [5, 5.41) is 9.67. The molecule has 0 bridgehead atoms. The lowest BCUT2D eigenvalue weighted by atomic mass is 9.87. The lowest BCUT2D eigenvalue weighted by Crippen LogP contribution is -2.09. The predicted octanol–water partition coefficient (Wildman–Crippen LogP) is 6.38. The molecule has 2 aromatic rings. The van der Waals surface area contributed by atoms with Crippen molar-refractivity contribution in [2.45, 2.75) is 52.4 Å². The van der Waals surface area contributed by atoms with Gasteiger partial charge in [0.1, 0.15) is 12.4 Å². The third kappa shape index (κ3) is 4.96. The number of carbonyl (C=O) groups is 1. The van der Waals surface area contributed by atoms with Gasteiger partial charge in [-0.3, -0.25) is 4.79 Å². The minimum absolute atomic E-state index is 0.151. The molecule has 28 heavy (non-hydrogen) atoms. The van der Waals surface area contributed by atoms with Crippen molar-refractivity contribution in [3.63, 3.8) is 0 Å². The highest BCUT2D eigenvalue weighted by molar-refractivity contribution is 6.30. The third-order valence-electron chi connectivity index (χ3n) is 5.63. The van der Waals surface area contributed by atoms with E-state index < -0.39 is 5.97 Å². The maximum absolute atomic E-state index is 10.8. The van der Waals surface area contributed by atoms with E-state index in [0.29, 0.717) is 13.0 Å². The molecule has 0 radical (unpaired) electrons. The molecule has 4 heteroatoms. The van der Waals surface area contributed by atoms with E-state index in [1.54, 1.807) is 0 Å². The van der Waals surface area contributed by atoms with E-state index in [1.807, 2.05) is 38.1 Å². The zero-order chi connectivity index (χ0) is 20.1. The smallest absolute Gasteiger partial charge is 0.303 e. The second-order valence-corrected chi connectivity index (χ2v) is 7.89. The molecule has 0 spiro atoms. The molecular weight excluding hydrogens is 372 g/mol. The summed E-state index contributed by atoms with van der Waals surface area (Å²) < 4.78 is 6.21. The van der Waals surface area contributed by atoms with Crippen LogP contribution in [0.3, 0.4) is 0 Å². The summed E-state index contributed by atoms with van der Waals surface area (Å²) in [4.78, 5) is 10.8. The Hall–Kier alpha value is -2.26. The zero-order valence-corrected chi connectivity index (χ0v) is 17.3. The maximum Gasteiger partial charge on any atom is 0.303 e. The molecule has 1 aliphatic rings. The van der Waals surface area contributed by atoms with Crippen molar-refractivity contribution in [3.05, 3.63) is 69.2 Å². The highest BCUT2D eigenvalue weighted by Crippen LogP contribution is 2.34. The second-order valence-electron chi connectivity index (χ2n) is 7.45. The van der Waals surface area contributed by atoms with Crippen LogP contribution in [0.1, 0.15) is 54.4 Å². The Kier molecular flexibility index (Phi) is 6.79. The molecule has 0 saturated carbocycles. The molecule has 1 N–H and O–H groups in total. The number of rotatable bonds is 7. The van der Waals surface area contributed by atoms with Gasteiger partial charge in [0.05, 0.1) is 0 Å². The predicted molar refractivity (Wildman–Crippen MR) is 114 cm³/mol. The molecule has 0 atom stereocenters. The number of halogens is 1.